The summed E-state index contributed by atoms with van der Waals surface area (Å²) in [6, 6.07) is 4.67. The van der Waals surface area contributed by atoms with Gasteiger partial charge >= 0.3 is 6.09 Å². The van der Waals surface area contributed by atoms with Crippen LogP contribution < -0.4 is 4.90 Å². The van der Waals surface area contributed by atoms with Crippen molar-refractivity contribution in [3.05, 3.63) is 54.1 Å². The fraction of sp³-hybridized carbons (Fsp3) is 0.478. The van der Waals surface area contributed by atoms with Gasteiger partial charge in [0.05, 0.1) is 48.8 Å². The molecule has 1 saturated heterocycles. The molecule has 3 heterocycles. The van der Waals surface area contributed by atoms with Crippen LogP contribution in [0.2, 0.25) is 18.1 Å². The van der Waals surface area contributed by atoms with Crippen LogP contribution in [0.5, 0.6) is 0 Å². The number of hydrogen-bond acceptors (Lipinski definition) is 6. The van der Waals surface area contributed by atoms with Crippen LogP contribution in [0.25, 0.3) is 5.69 Å². The number of anilines is 1. The molecule has 1 aromatic carbocycles. The Hall–Kier alpha value is -3.05. The molecule has 0 spiro atoms. The molecular formula is C23H31FN6O3Si. The number of amides is 1. The molecule has 3 aromatic rings. The molecule has 0 aliphatic carbocycles. The van der Waals surface area contributed by atoms with Crippen molar-refractivity contribution < 1.29 is 18.3 Å². The second-order valence-corrected chi connectivity index (χ2v) is 15.0. The van der Waals surface area contributed by atoms with Gasteiger partial charge in [-0.1, -0.05) is 26.0 Å². The maximum absolute atomic E-state index is 15.0. The Morgan fingerprint density at radius 1 is 1.26 bits per heavy atom. The maximum Gasteiger partial charge on any atom is 0.414 e. The summed E-state index contributed by atoms with van der Waals surface area (Å²) in [7, 11) is -1.91. The molecule has 0 unspecified atom stereocenters. The van der Waals surface area contributed by atoms with Gasteiger partial charge in [0.15, 0.2) is 8.32 Å². The van der Waals surface area contributed by atoms with E-state index in [4.69, 9.17) is 9.16 Å². The Morgan fingerprint density at radius 2 is 2.03 bits per heavy atom. The molecule has 2 aromatic heterocycles. The van der Waals surface area contributed by atoms with E-state index < -0.39 is 26.3 Å². The van der Waals surface area contributed by atoms with Crippen LogP contribution in [0.3, 0.4) is 0 Å². The molecule has 1 aliphatic rings. The van der Waals surface area contributed by atoms with Gasteiger partial charge in [-0.25, -0.2) is 18.9 Å². The second kappa shape index (κ2) is 8.95. The van der Waals surface area contributed by atoms with Crippen LogP contribution in [0.15, 0.2) is 36.9 Å². The molecule has 9 nitrogen and oxygen atoms in total. The number of cyclic esters (lactones) is 1. The summed E-state index contributed by atoms with van der Waals surface area (Å²) in [5.74, 6) is -0.463. The Bertz CT molecular complexity index is 1190. The molecular weight excluding hydrogens is 455 g/mol. The number of ether oxygens (including phenoxy) is 1. The number of imidazole rings is 1. The summed E-state index contributed by atoms with van der Waals surface area (Å²) in [6.45, 7) is 13.8. The normalized spacial score (nSPS) is 16.9. The SMILES string of the molecule is Cc1cn(C[C@H]2CN(c3ccc(-n4cnc(CO[Si](C)(C)C(C)(C)C)c4)c(F)c3)C(=O)O2)nn1. The van der Waals surface area contributed by atoms with E-state index in [1.54, 1.807) is 40.1 Å². The van der Waals surface area contributed by atoms with E-state index in [1.807, 2.05) is 6.92 Å². The van der Waals surface area contributed by atoms with Crippen molar-refractivity contribution in [1.82, 2.24) is 24.5 Å². The van der Waals surface area contributed by atoms with Crippen molar-refractivity contribution in [2.24, 2.45) is 0 Å². The van der Waals surface area contributed by atoms with E-state index in [9.17, 15) is 4.79 Å². The monoisotopic (exact) mass is 486 g/mol. The smallest absolute Gasteiger partial charge is 0.414 e. The lowest BCUT2D eigenvalue weighted by atomic mass is 10.2. The highest BCUT2D eigenvalue weighted by molar-refractivity contribution is 6.74. The lowest BCUT2D eigenvalue weighted by molar-refractivity contribution is 0.129. The number of carbonyl (C=O) groups is 1. The summed E-state index contributed by atoms with van der Waals surface area (Å²) >= 11 is 0. The molecule has 1 amide bonds. The lowest BCUT2D eigenvalue weighted by Crippen LogP contribution is -2.40. The van der Waals surface area contributed by atoms with Gasteiger partial charge in [0.1, 0.15) is 11.9 Å². The average molecular weight is 487 g/mol. The number of aromatic nitrogens is 5. The van der Waals surface area contributed by atoms with Crippen molar-refractivity contribution in [2.45, 2.75) is 65.1 Å². The molecule has 11 heteroatoms. The predicted octanol–water partition coefficient (Wildman–Crippen LogP) is 4.46. The van der Waals surface area contributed by atoms with Gasteiger partial charge in [-0.05, 0) is 43.3 Å². The molecule has 0 radical (unpaired) electrons. The zero-order chi connectivity index (χ0) is 24.7. The highest BCUT2D eigenvalue weighted by atomic mass is 28.4. The number of nitrogens with zero attached hydrogens (tertiary/aromatic N) is 6. The maximum atomic E-state index is 15.0. The molecule has 182 valence electrons. The van der Waals surface area contributed by atoms with Crippen molar-refractivity contribution in [3.8, 4) is 5.69 Å². The first-order valence-corrected chi connectivity index (χ1v) is 14.2. The minimum atomic E-state index is -1.91. The van der Waals surface area contributed by atoms with E-state index in [0.717, 1.165) is 11.4 Å². The molecule has 4 rings (SSSR count). The Labute approximate surface area is 199 Å². The first-order chi connectivity index (χ1) is 15.9. The van der Waals surface area contributed by atoms with Crippen LogP contribution in [0, 0.1) is 12.7 Å². The van der Waals surface area contributed by atoms with E-state index in [1.165, 1.54) is 11.0 Å². The van der Waals surface area contributed by atoms with E-state index >= 15 is 4.39 Å². The Kier molecular flexibility index (Phi) is 6.34. The minimum absolute atomic E-state index is 0.0987. The molecule has 0 saturated carbocycles. The fourth-order valence-electron chi connectivity index (χ4n) is 3.43. The average Bonchev–Trinajstić information content (AvgIpc) is 3.46. The van der Waals surface area contributed by atoms with Crippen LogP contribution >= 0.6 is 0 Å². The summed E-state index contributed by atoms with van der Waals surface area (Å²) in [4.78, 5) is 18.2. The van der Waals surface area contributed by atoms with E-state index in [-0.39, 0.29) is 5.04 Å². The topological polar surface area (TPSA) is 87.3 Å². The highest BCUT2D eigenvalue weighted by Crippen LogP contribution is 2.37. The third-order valence-electron chi connectivity index (χ3n) is 6.46. The number of hydrogen-bond donors (Lipinski definition) is 0. The number of carbonyl (C=O) groups excluding carboxylic acids is 1. The lowest BCUT2D eigenvalue weighted by Gasteiger charge is -2.35. The number of halogens is 1. The highest BCUT2D eigenvalue weighted by Gasteiger charge is 2.37. The van der Waals surface area contributed by atoms with Gasteiger partial charge in [0.2, 0.25) is 0 Å². The van der Waals surface area contributed by atoms with Crippen molar-refractivity contribution >= 4 is 20.1 Å². The summed E-state index contributed by atoms with van der Waals surface area (Å²) in [5, 5.41) is 8.02. The van der Waals surface area contributed by atoms with Gasteiger partial charge in [-0.15, -0.1) is 5.10 Å². The van der Waals surface area contributed by atoms with Crippen molar-refractivity contribution in [1.29, 1.82) is 0 Å². The van der Waals surface area contributed by atoms with Crippen LogP contribution in [-0.4, -0.2) is 51.6 Å². The molecule has 0 N–H and O–H groups in total. The van der Waals surface area contributed by atoms with Crippen molar-refractivity contribution in [3.63, 3.8) is 0 Å². The predicted molar refractivity (Wildman–Crippen MR) is 128 cm³/mol. The number of aryl methyl sites for hydroxylation is 1. The fourth-order valence-corrected chi connectivity index (χ4v) is 4.38. The zero-order valence-corrected chi connectivity index (χ0v) is 21.4. The van der Waals surface area contributed by atoms with E-state index in [0.29, 0.717) is 31.1 Å². The van der Waals surface area contributed by atoms with Gasteiger partial charge in [0.25, 0.3) is 0 Å². The number of rotatable bonds is 7. The summed E-state index contributed by atoms with van der Waals surface area (Å²) in [6.07, 6.45) is 4.21. The van der Waals surface area contributed by atoms with E-state index in [2.05, 4.69) is 49.2 Å². The Morgan fingerprint density at radius 3 is 2.68 bits per heavy atom. The third-order valence-corrected chi connectivity index (χ3v) is 10.9. The largest absolute Gasteiger partial charge is 0.442 e. The second-order valence-electron chi connectivity index (χ2n) is 10.2. The standard InChI is InChI=1S/C23H31FN6O3Si/c1-16-10-29(27-26-16)12-19-13-30(22(31)33-19)18-7-8-21(20(24)9-18)28-11-17(25-15-28)14-32-34(5,6)23(2,3)4/h7-11,15,19H,12-14H2,1-6H3/t19-/m0/s1. The van der Waals surface area contributed by atoms with Gasteiger partial charge < -0.3 is 13.7 Å². The van der Waals surface area contributed by atoms with Gasteiger partial charge in [0, 0.05) is 12.4 Å². The van der Waals surface area contributed by atoms with Gasteiger partial charge in [-0.3, -0.25) is 4.90 Å². The first kappa shape index (κ1) is 24.1. The zero-order valence-electron chi connectivity index (χ0n) is 20.4. The molecule has 34 heavy (non-hydrogen) atoms. The molecule has 1 atom stereocenters. The molecule has 0 bridgehead atoms. The molecule has 1 fully saturated rings. The minimum Gasteiger partial charge on any atom is -0.442 e. The van der Waals surface area contributed by atoms with Crippen LogP contribution in [-0.2, 0) is 22.3 Å². The first-order valence-electron chi connectivity index (χ1n) is 11.2. The summed E-state index contributed by atoms with van der Waals surface area (Å²) < 4.78 is 29.9. The van der Waals surface area contributed by atoms with Crippen LogP contribution in [0.1, 0.15) is 32.2 Å². The number of benzene rings is 1. The van der Waals surface area contributed by atoms with Gasteiger partial charge in [-0.2, -0.15) is 0 Å². The summed E-state index contributed by atoms with van der Waals surface area (Å²) in [5.41, 5.74) is 2.30. The molecule has 1 aliphatic heterocycles. The van der Waals surface area contributed by atoms with Crippen molar-refractivity contribution in [2.75, 3.05) is 11.4 Å². The van der Waals surface area contributed by atoms with Crippen LogP contribution in [0.4, 0.5) is 14.9 Å². The Balaban J connectivity index is 1.43. The third kappa shape index (κ3) is 5.04. The quantitative estimate of drug-likeness (QED) is 0.458.